The highest BCUT2D eigenvalue weighted by molar-refractivity contribution is 7.92. The van der Waals surface area contributed by atoms with Crippen LogP contribution in [0.2, 0.25) is 5.02 Å². The monoisotopic (exact) mass is 701 g/mol. The molecule has 4 fully saturated rings. The van der Waals surface area contributed by atoms with Crippen molar-refractivity contribution in [1.29, 1.82) is 0 Å². The van der Waals surface area contributed by atoms with Crippen molar-refractivity contribution in [3.63, 3.8) is 0 Å². The lowest BCUT2D eigenvalue weighted by atomic mass is 9.53. The van der Waals surface area contributed by atoms with Gasteiger partial charge in [0.25, 0.3) is 5.91 Å². The number of ether oxygens (including phenoxy) is 1. The number of likely N-dealkylation sites (tertiary alicyclic amines) is 1. The number of hydrogen-bond donors (Lipinski definition) is 4. The molecule has 2 bridgehead atoms. The number of anilines is 1. The highest BCUT2D eigenvalue weighted by Crippen LogP contribution is 2.55. The van der Waals surface area contributed by atoms with Crippen LogP contribution >= 0.6 is 11.6 Å². The maximum Gasteiger partial charge on any atom is 0.411 e. The minimum atomic E-state index is -4.14. The van der Waals surface area contributed by atoms with Crippen LogP contribution in [0.15, 0.2) is 35.2 Å². The van der Waals surface area contributed by atoms with Crippen LogP contribution < -0.4 is 10.6 Å². The van der Waals surface area contributed by atoms with Gasteiger partial charge in [-0.1, -0.05) is 11.6 Å². The number of β-amino-alcohol motifs (C(OH)–C–C–N with tert-alkyl or cyclic N) is 1. The zero-order valence-electron chi connectivity index (χ0n) is 25.7. The van der Waals surface area contributed by atoms with Gasteiger partial charge < -0.3 is 25.6 Å². The van der Waals surface area contributed by atoms with E-state index in [1.54, 1.807) is 20.8 Å². The molecule has 4 atom stereocenters. The quantitative estimate of drug-likeness (QED) is 0.317. The summed E-state index contributed by atoms with van der Waals surface area (Å²) in [6, 6.07) is 3.61. The molecule has 256 valence electrons. The van der Waals surface area contributed by atoms with E-state index in [1.165, 1.54) is 12.1 Å². The molecule has 0 radical (unpaired) electrons. The molecule has 2 aromatic carbocycles. The highest BCUT2D eigenvalue weighted by Gasteiger charge is 2.60. The summed E-state index contributed by atoms with van der Waals surface area (Å²) in [5.74, 6) is -7.23. The number of halogens is 4. The summed E-state index contributed by atoms with van der Waals surface area (Å²) in [4.78, 5) is 39.3. The zero-order chi connectivity index (χ0) is 34.6. The van der Waals surface area contributed by atoms with Crippen LogP contribution in [0.4, 0.5) is 23.7 Å². The summed E-state index contributed by atoms with van der Waals surface area (Å²) in [5.41, 5.74) is -2.78. The Morgan fingerprint density at radius 3 is 2.26 bits per heavy atom. The van der Waals surface area contributed by atoms with Gasteiger partial charge in [0.2, 0.25) is 5.91 Å². The number of rotatable bonds is 7. The number of sulfone groups is 1. The molecule has 4 aliphatic rings. The second kappa shape index (κ2) is 12.6. The Morgan fingerprint density at radius 2 is 1.66 bits per heavy atom. The third-order valence-electron chi connectivity index (χ3n) is 9.01. The van der Waals surface area contributed by atoms with E-state index in [2.05, 4.69) is 10.6 Å². The second-order valence-electron chi connectivity index (χ2n) is 13.4. The summed E-state index contributed by atoms with van der Waals surface area (Å²) in [6.07, 6.45) is -1.09. The fourth-order valence-corrected chi connectivity index (χ4v) is 9.00. The van der Waals surface area contributed by atoms with Gasteiger partial charge in [0, 0.05) is 36.3 Å². The predicted octanol–water partition coefficient (Wildman–Crippen LogP) is 3.80. The standard InChI is InChI=1S/C31H35ClF3N3O8S/c1-30(2,3)46-29(42)38-13-19(39)12-24(38)28(41)36-14-31(43)16-7-17(31)9-20(8-16)47(44,45)25-6-15(4-5-21(25)32)27(40)37-18-10-22(33)26(35)23(34)11-18/h4-6,10-11,16-17,19-20,24,39,43H,7-9,12-14H2,1-3H3,(H,36,41)(H,37,40)/t16?,17?,19-,20-,24-,31-/m0/s1. The SMILES string of the molecule is CC(C)(C)OC(=O)N1C[C@@H](O)C[C@H]1C(=O)NC[C@]1(O)C2CC1C[C@@H](S(=O)(=O)c1cc(C(=O)Nc3cc(F)c(F)c(F)c3)ccc1Cl)C2. The number of carbonyl (C=O) groups excluding carboxylic acids is 3. The molecule has 1 heterocycles. The average Bonchev–Trinajstić information content (AvgIpc) is 3.39. The zero-order valence-corrected chi connectivity index (χ0v) is 27.3. The third kappa shape index (κ3) is 6.94. The number of benzene rings is 2. The molecular formula is C31H35ClF3N3O8S. The van der Waals surface area contributed by atoms with E-state index in [0.29, 0.717) is 18.6 Å². The number of fused-ring (bicyclic) bond motifs is 2. The van der Waals surface area contributed by atoms with Crippen LogP contribution in [0.25, 0.3) is 0 Å². The first-order valence-corrected chi connectivity index (χ1v) is 16.9. The van der Waals surface area contributed by atoms with Gasteiger partial charge in [-0.3, -0.25) is 14.5 Å². The number of aliphatic hydroxyl groups excluding tert-OH is 1. The van der Waals surface area contributed by atoms with Gasteiger partial charge in [0.05, 0.1) is 33.4 Å². The van der Waals surface area contributed by atoms with Crippen molar-refractivity contribution in [2.45, 2.75) is 79.9 Å². The molecular weight excluding hydrogens is 667 g/mol. The predicted molar refractivity (Wildman–Crippen MR) is 163 cm³/mol. The van der Waals surface area contributed by atoms with Crippen molar-refractivity contribution in [3.05, 3.63) is 58.4 Å². The second-order valence-corrected chi connectivity index (χ2v) is 16.0. The Bertz CT molecular complexity index is 1680. The van der Waals surface area contributed by atoms with Crippen LogP contribution in [-0.2, 0) is 19.4 Å². The van der Waals surface area contributed by atoms with Gasteiger partial charge >= 0.3 is 6.09 Å². The van der Waals surface area contributed by atoms with E-state index in [9.17, 15) is 46.2 Å². The average molecular weight is 702 g/mol. The summed E-state index contributed by atoms with van der Waals surface area (Å²) >= 11 is 6.25. The molecule has 0 aromatic heterocycles. The maximum absolute atomic E-state index is 13.7. The number of nitrogens with zero attached hydrogens (tertiary/aromatic N) is 1. The van der Waals surface area contributed by atoms with Gasteiger partial charge in [-0.25, -0.2) is 26.4 Å². The molecule has 0 spiro atoms. The first-order chi connectivity index (χ1) is 21.8. The Morgan fingerprint density at radius 1 is 1.04 bits per heavy atom. The van der Waals surface area contributed by atoms with Crippen LogP contribution in [0.3, 0.4) is 0 Å². The maximum atomic E-state index is 13.7. The molecule has 1 aliphatic heterocycles. The smallest absolute Gasteiger partial charge is 0.411 e. The molecule has 3 amide bonds. The Balaban J connectivity index is 1.24. The van der Waals surface area contributed by atoms with E-state index < -0.39 is 85.6 Å². The summed E-state index contributed by atoms with van der Waals surface area (Å²) in [5, 5.41) is 25.4. The molecule has 47 heavy (non-hydrogen) atoms. The fraction of sp³-hybridized carbons (Fsp3) is 0.516. The van der Waals surface area contributed by atoms with E-state index in [4.69, 9.17) is 16.3 Å². The van der Waals surface area contributed by atoms with Crippen LogP contribution in [0, 0.1) is 29.3 Å². The number of amides is 3. The van der Waals surface area contributed by atoms with E-state index in [1.807, 2.05) is 0 Å². The Hall–Kier alpha value is -3.40. The van der Waals surface area contributed by atoms with Crippen molar-refractivity contribution in [3.8, 4) is 0 Å². The molecule has 3 aliphatic carbocycles. The first-order valence-electron chi connectivity index (χ1n) is 15.0. The van der Waals surface area contributed by atoms with E-state index >= 15 is 0 Å². The molecule has 6 rings (SSSR count). The lowest BCUT2D eigenvalue weighted by molar-refractivity contribution is -0.174. The normalized spacial score (nSPS) is 27.2. The molecule has 2 unspecified atom stereocenters. The lowest BCUT2D eigenvalue weighted by Gasteiger charge is -2.58. The van der Waals surface area contributed by atoms with Crippen LogP contribution in [-0.4, -0.2) is 83.1 Å². The topological polar surface area (TPSA) is 162 Å². The number of nitrogens with one attached hydrogen (secondary N) is 2. The molecule has 16 heteroatoms. The van der Waals surface area contributed by atoms with Crippen LogP contribution in [0.5, 0.6) is 0 Å². The highest BCUT2D eigenvalue weighted by atomic mass is 35.5. The van der Waals surface area contributed by atoms with Crippen LogP contribution in [0.1, 0.15) is 56.8 Å². The van der Waals surface area contributed by atoms with Gasteiger partial charge in [0.15, 0.2) is 27.3 Å². The Kier molecular flexibility index (Phi) is 9.34. The first kappa shape index (κ1) is 34.9. The van der Waals surface area contributed by atoms with Gasteiger partial charge in [-0.05, 0) is 70.1 Å². The van der Waals surface area contributed by atoms with Crippen molar-refractivity contribution < 1.29 is 50.9 Å². The van der Waals surface area contributed by atoms with Crippen molar-refractivity contribution in [2.24, 2.45) is 11.8 Å². The summed E-state index contributed by atoms with van der Waals surface area (Å²) < 4.78 is 73.3. The van der Waals surface area contributed by atoms with Gasteiger partial charge in [-0.15, -0.1) is 0 Å². The van der Waals surface area contributed by atoms with Crippen molar-refractivity contribution in [1.82, 2.24) is 10.2 Å². The molecule has 4 N–H and O–H groups in total. The lowest BCUT2D eigenvalue weighted by Crippen LogP contribution is -2.66. The number of carbonyl (C=O) groups is 3. The minimum absolute atomic E-state index is 0.00774. The van der Waals surface area contributed by atoms with Gasteiger partial charge in [-0.2, -0.15) is 0 Å². The Labute approximate surface area is 274 Å². The van der Waals surface area contributed by atoms with E-state index in [-0.39, 0.29) is 53.5 Å². The van der Waals surface area contributed by atoms with E-state index in [0.717, 1.165) is 11.0 Å². The van der Waals surface area contributed by atoms with Crippen molar-refractivity contribution in [2.75, 3.05) is 18.4 Å². The molecule has 3 saturated carbocycles. The summed E-state index contributed by atoms with van der Waals surface area (Å²) in [6.45, 7) is 4.75. The van der Waals surface area contributed by atoms with Gasteiger partial charge in [0.1, 0.15) is 11.6 Å². The third-order valence-corrected chi connectivity index (χ3v) is 11.7. The molecule has 2 aromatic rings. The number of aliphatic hydroxyl groups is 2. The molecule has 1 saturated heterocycles. The fourth-order valence-electron chi connectivity index (χ4n) is 6.60. The van der Waals surface area contributed by atoms with Crippen molar-refractivity contribution >= 4 is 45.0 Å². The number of hydrogen-bond acceptors (Lipinski definition) is 8. The minimum Gasteiger partial charge on any atom is -0.444 e. The molecule has 11 nitrogen and oxygen atoms in total. The largest absolute Gasteiger partial charge is 0.444 e. The summed E-state index contributed by atoms with van der Waals surface area (Å²) in [7, 11) is -4.14.